The zero-order chi connectivity index (χ0) is 16.5. The molecule has 0 amide bonds. The number of benzene rings is 1. The Balaban J connectivity index is 1.56. The first-order valence-electron chi connectivity index (χ1n) is 7.70. The summed E-state index contributed by atoms with van der Waals surface area (Å²) in [4.78, 5) is 15.9. The summed E-state index contributed by atoms with van der Waals surface area (Å²) in [6.45, 7) is 4.71. The van der Waals surface area contributed by atoms with Crippen LogP contribution >= 0.6 is 0 Å². The van der Waals surface area contributed by atoms with Crippen LogP contribution in [0.4, 0.5) is 11.5 Å². The van der Waals surface area contributed by atoms with E-state index in [0.29, 0.717) is 11.5 Å². The molecule has 0 aliphatic carbocycles. The lowest BCUT2D eigenvalue weighted by molar-refractivity contribution is 0.686. The Labute approximate surface area is 138 Å². The number of fused-ring (bicyclic) bond motifs is 1. The number of aryl methyl sites for hydroxylation is 2. The molecule has 3 heterocycles. The average molecular weight is 319 g/mol. The van der Waals surface area contributed by atoms with Crippen molar-refractivity contribution >= 4 is 22.7 Å². The summed E-state index contributed by atoms with van der Waals surface area (Å²) in [5, 5.41) is 7.68. The normalized spacial score (nSPS) is 11.1. The van der Waals surface area contributed by atoms with Crippen LogP contribution < -0.4 is 5.32 Å². The second kappa shape index (κ2) is 5.77. The predicted octanol–water partition coefficient (Wildman–Crippen LogP) is 2.96. The molecular formula is C17H17N7. The molecule has 1 aromatic carbocycles. The Morgan fingerprint density at radius 1 is 1.21 bits per heavy atom. The molecule has 4 rings (SSSR count). The van der Waals surface area contributed by atoms with Crippen LogP contribution in [0.15, 0.2) is 43.0 Å². The highest BCUT2D eigenvalue weighted by atomic mass is 15.3. The number of imidazole rings is 1. The van der Waals surface area contributed by atoms with E-state index >= 15 is 0 Å². The molecule has 0 unspecified atom stereocenters. The topological polar surface area (TPSA) is 84.3 Å². The van der Waals surface area contributed by atoms with Crippen molar-refractivity contribution in [2.24, 2.45) is 0 Å². The number of anilines is 2. The first kappa shape index (κ1) is 14.4. The van der Waals surface area contributed by atoms with E-state index in [1.165, 1.54) is 17.5 Å². The summed E-state index contributed by atoms with van der Waals surface area (Å²) in [6, 6.07) is 8.41. The Bertz CT molecular complexity index is 999. The fourth-order valence-corrected chi connectivity index (χ4v) is 2.69. The molecule has 120 valence electrons. The molecule has 7 nitrogen and oxygen atoms in total. The van der Waals surface area contributed by atoms with Gasteiger partial charge >= 0.3 is 0 Å². The average Bonchev–Trinajstić information content (AvgIpc) is 3.13. The van der Waals surface area contributed by atoms with Gasteiger partial charge in [-0.25, -0.2) is 15.0 Å². The number of aromatic nitrogens is 6. The zero-order valence-electron chi connectivity index (χ0n) is 13.5. The highest BCUT2D eigenvalue weighted by Gasteiger charge is 2.09. The van der Waals surface area contributed by atoms with Crippen LogP contribution in [0, 0.1) is 13.8 Å². The number of rotatable bonds is 4. The summed E-state index contributed by atoms with van der Waals surface area (Å²) >= 11 is 0. The minimum atomic E-state index is 0.650. The van der Waals surface area contributed by atoms with Gasteiger partial charge in [-0.05, 0) is 19.4 Å². The second-order valence-electron chi connectivity index (χ2n) is 5.78. The molecule has 2 N–H and O–H groups in total. The molecule has 0 fully saturated rings. The van der Waals surface area contributed by atoms with E-state index in [4.69, 9.17) is 0 Å². The van der Waals surface area contributed by atoms with Crippen molar-refractivity contribution in [1.82, 2.24) is 29.7 Å². The SMILES string of the molecule is Cc1cccc(Cn2cc(Nc3ncnc4nc(C)[nH]c34)cn2)c1. The van der Waals surface area contributed by atoms with Gasteiger partial charge in [0.25, 0.3) is 0 Å². The summed E-state index contributed by atoms with van der Waals surface area (Å²) in [7, 11) is 0. The van der Waals surface area contributed by atoms with Gasteiger partial charge in [-0.3, -0.25) is 4.68 Å². The van der Waals surface area contributed by atoms with E-state index in [-0.39, 0.29) is 0 Å². The number of aromatic amines is 1. The van der Waals surface area contributed by atoms with Gasteiger partial charge in [-0.1, -0.05) is 29.8 Å². The quantitative estimate of drug-likeness (QED) is 0.604. The molecule has 0 radical (unpaired) electrons. The summed E-state index contributed by atoms with van der Waals surface area (Å²) < 4.78 is 1.90. The van der Waals surface area contributed by atoms with Gasteiger partial charge in [0.05, 0.1) is 18.4 Å². The van der Waals surface area contributed by atoms with Crippen LogP contribution in [0.25, 0.3) is 11.2 Å². The molecule has 3 aromatic heterocycles. The van der Waals surface area contributed by atoms with Crippen molar-refractivity contribution in [3.8, 4) is 0 Å². The van der Waals surface area contributed by atoms with Crippen molar-refractivity contribution < 1.29 is 0 Å². The Hall–Kier alpha value is -3.22. The minimum absolute atomic E-state index is 0.650. The molecule has 0 saturated heterocycles. The summed E-state index contributed by atoms with van der Waals surface area (Å²) in [6.07, 6.45) is 5.24. The first-order valence-corrected chi connectivity index (χ1v) is 7.70. The molecule has 0 atom stereocenters. The second-order valence-corrected chi connectivity index (χ2v) is 5.78. The molecular weight excluding hydrogens is 302 g/mol. The molecule has 0 aliphatic rings. The molecule has 4 aromatic rings. The van der Waals surface area contributed by atoms with Crippen LogP contribution in [0.3, 0.4) is 0 Å². The molecule has 7 heteroatoms. The highest BCUT2D eigenvalue weighted by Crippen LogP contribution is 2.21. The van der Waals surface area contributed by atoms with E-state index in [9.17, 15) is 0 Å². The van der Waals surface area contributed by atoms with Gasteiger partial charge in [0, 0.05) is 6.20 Å². The van der Waals surface area contributed by atoms with Crippen molar-refractivity contribution in [2.75, 3.05) is 5.32 Å². The van der Waals surface area contributed by atoms with E-state index in [1.807, 2.05) is 17.8 Å². The van der Waals surface area contributed by atoms with Gasteiger partial charge in [0.15, 0.2) is 11.5 Å². The maximum atomic E-state index is 4.41. The smallest absolute Gasteiger partial charge is 0.183 e. The van der Waals surface area contributed by atoms with E-state index in [1.54, 1.807) is 6.20 Å². The van der Waals surface area contributed by atoms with Gasteiger partial charge in [-0.15, -0.1) is 0 Å². The number of hydrogen-bond donors (Lipinski definition) is 2. The van der Waals surface area contributed by atoms with Crippen LogP contribution in [-0.4, -0.2) is 29.7 Å². The monoisotopic (exact) mass is 319 g/mol. The zero-order valence-corrected chi connectivity index (χ0v) is 13.5. The number of nitrogens with zero attached hydrogens (tertiary/aromatic N) is 5. The van der Waals surface area contributed by atoms with Gasteiger partial charge in [0.2, 0.25) is 0 Å². The fourth-order valence-electron chi connectivity index (χ4n) is 2.69. The lowest BCUT2D eigenvalue weighted by Gasteiger charge is -2.04. The van der Waals surface area contributed by atoms with Crippen LogP contribution in [0.5, 0.6) is 0 Å². The third-order valence-electron chi connectivity index (χ3n) is 3.73. The Morgan fingerprint density at radius 3 is 3.00 bits per heavy atom. The maximum absolute atomic E-state index is 4.41. The lowest BCUT2D eigenvalue weighted by Crippen LogP contribution is -2.00. The largest absolute Gasteiger partial charge is 0.338 e. The standard InChI is InChI=1S/C17H17N7/c1-11-4-3-5-13(6-11)8-24-9-14(7-20-24)23-17-15-16(18-10-19-17)22-12(2)21-15/h3-7,9-10H,8H2,1-2H3,(H2,18,19,21,22,23). The van der Waals surface area contributed by atoms with Crippen LogP contribution in [0.1, 0.15) is 17.0 Å². The van der Waals surface area contributed by atoms with Gasteiger partial charge in [0.1, 0.15) is 17.7 Å². The van der Waals surface area contributed by atoms with Crippen molar-refractivity contribution in [3.63, 3.8) is 0 Å². The van der Waals surface area contributed by atoms with Crippen molar-refractivity contribution in [2.45, 2.75) is 20.4 Å². The van der Waals surface area contributed by atoms with E-state index in [0.717, 1.165) is 23.6 Å². The minimum Gasteiger partial charge on any atom is -0.338 e. The molecule has 24 heavy (non-hydrogen) atoms. The van der Waals surface area contributed by atoms with Gasteiger partial charge < -0.3 is 10.3 Å². The maximum Gasteiger partial charge on any atom is 0.183 e. The summed E-state index contributed by atoms with van der Waals surface area (Å²) in [5.41, 5.74) is 4.78. The van der Waals surface area contributed by atoms with Crippen molar-refractivity contribution in [1.29, 1.82) is 0 Å². The lowest BCUT2D eigenvalue weighted by atomic mass is 10.1. The number of nitrogens with one attached hydrogen (secondary N) is 2. The Kier molecular flexibility index (Phi) is 3.45. The number of hydrogen-bond acceptors (Lipinski definition) is 5. The number of H-pyrrole nitrogens is 1. The Morgan fingerprint density at radius 2 is 2.12 bits per heavy atom. The van der Waals surface area contributed by atoms with Crippen LogP contribution in [0.2, 0.25) is 0 Å². The molecule has 0 saturated carbocycles. The molecule has 0 spiro atoms. The molecule has 0 aliphatic heterocycles. The van der Waals surface area contributed by atoms with Crippen molar-refractivity contribution in [3.05, 3.63) is 59.9 Å². The fraction of sp³-hybridized carbons (Fsp3) is 0.176. The highest BCUT2D eigenvalue weighted by molar-refractivity contribution is 5.84. The van der Waals surface area contributed by atoms with E-state index in [2.05, 4.69) is 61.5 Å². The third-order valence-corrected chi connectivity index (χ3v) is 3.73. The van der Waals surface area contributed by atoms with Crippen LogP contribution in [-0.2, 0) is 6.54 Å². The third kappa shape index (κ3) is 2.83. The predicted molar refractivity (Wildman–Crippen MR) is 92.2 cm³/mol. The molecule has 0 bridgehead atoms. The van der Waals surface area contributed by atoms with E-state index < -0.39 is 0 Å². The van der Waals surface area contributed by atoms with Gasteiger partial charge in [-0.2, -0.15) is 5.10 Å². The summed E-state index contributed by atoms with van der Waals surface area (Å²) in [5.74, 6) is 1.50. The first-order chi connectivity index (χ1) is 11.7.